The van der Waals surface area contributed by atoms with Gasteiger partial charge in [0.2, 0.25) is 0 Å². The number of rotatable bonds is 6. The molecular formula is C15H31NO. The van der Waals surface area contributed by atoms with Gasteiger partial charge in [0.15, 0.2) is 0 Å². The lowest BCUT2D eigenvalue weighted by atomic mass is 9.77. The fourth-order valence-corrected chi connectivity index (χ4v) is 3.20. The van der Waals surface area contributed by atoms with E-state index in [4.69, 9.17) is 0 Å². The molecule has 0 amide bonds. The van der Waals surface area contributed by atoms with E-state index in [0.717, 1.165) is 31.2 Å². The highest BCUT2D eigenvalue weighted by Crippen LogP contribution is 2.31. The standard InChI is InChI=1S/C15H31NO/c1-5-15(6-2,11-17)10-16-14-12(3)8-7-9-13(14)4/h12-14,16-17H,5-11H2,1-4H3. The average molecular weight is 241 g/mol. The van der Waals surface area contributed by atoms with E-state index in [1.165, 1.54) is 19.3 Å². The predicted octanol–water partition coefficient (Wildman–Crippen LogP) is 3.20. The Bertz CT molecular complexity index is 195. The second kappa shape index (κ2) is 6.75. The van der Waals surface area contributed by atoms with Crippen LogP contribution in [0.3, 0.4) is 0 Å². The van der Waals surface area contributed by atoms with E-state index in [1.54, 1.807) is 0 Å². The highest BCUT2D eigenvalue weighted by molar-refractivity contribution is 4.87. The quantitative estimate of drug-likeness (QED) is 0.748. The molecule has 0 aromatic carbocycles. The molecule has 0 bridgehead atoms. The zero-order chi connectivity index (χ0) is 12.9. The van der Waals surface area contributed by atoms with E-state index in [2.05, 4.69) is 33.0 Å². The molecule has 0 radical (unpaired) electrons. The van der Waals surface area contributed by atoms with Gasteiger partial charge in [-0.15, -0.1) is 0 Å². The van der Waals surface area contributed by atoms with Crippen LogP contribution in [0.1, 0.15) is 59.8 Å². The van der Waals surface area contributed by atoms with Crippen molar-refractivity contribution in [2.75, 3.05) is 13.2 Å². The Labute approximate surface area is 107 Å². The van der Waals surface area contributed by atoms with E-state index in [0.29, 0.717) is 12.6 Å². The molecule has 0 saturated heterocycles. The summed E-state index contributed by atoms with van der Waals surface area (Å²) in [4.78, 5) is 0. The zero-order valence-electron chi connectivity index (χ0n) is 12.1. The smallest absolute Gasteiger partial charge is 0.0499 e. The van der Waals surface area contributed by atoms with Crippen LogP contribution in [0.5, 0.6) is 0 Å². The first-order valence-electron chi connectivity index (χ1n) is 7.42. The van der Waals surface area contributed by atoms with Gasteiger partial charge < -0.3 is 10.4 Å². The third kappa shape index (κ3) is 3.69. The van der Waals surface area contributed by atoms with Gasteiger partial charge >= 0.3 is 0 Å². The van der Waals surface area contributed by atoms with Crippen LogP contribution in [0.25, 0.3) is 0 Å². The van der Waals surface area contributed by atoms with Crippen LogP contribution in [-0.4, -0.2) is 24.3 Å². The van der Waals surface area contributed by atoms with Gasteiger partial charge in [-0.3, -0.25) is 0 Å². The van der Waals surface area contributed by atoms with Crippen molar-refractivity contribution in [1.29, 1.82) is 0 Å². The molecule has 0 aliphatic heterocycles. The van der Waals surface area contributed by atoms with Crippen molar-refractivity contribution < 1.29 is 5.11 Å². The second-order valence-corrected chi connectivity index (χ2v) is 6.16. The minimum Gasteiger partial charge on any atom is -0.396 e. The summed E-state index contributed by atoms with van der Waals surface area (Å²) in [5, 5.41) is 13.4. The maximum absolute atomic E-state index is 9.60. The zero-order valence-corrected chi connectivity index (χ0v) is 12.1. The van der Waals surface area contributed by atoms with Crippen LogP contribution in [0.2, 0.25) is 0 Å². The largest absolute Gasteiger partial charge is 0.396 e. The molecule has 102 valence electrons. The molecule has 17 heavy (non-hydrogen) atoms. The molecule has 1 saturated carbocycles. The summed E-state index contributed by atoms with van der Waals surface area (Å²) in [7, 11) is 0. The molecule has 1 rings (SSSR count). The van der Waals surface area contributed by atoms with E-state index >= 15 is 0 Å². The summed E-state index contributed by atoms with van der Waals surface area (Å²) in [6.07, 6.45) is 6.21. The molecule has 0 heterocycles. The molecular weight excluding hydrogens is 210 g/mol. The van der Waals surface area contributed by atoms with E-state index in [1.807, 2.05) is 0 Å². The Hall–Kier alpha value is -0.0800. The summed E-state index contributed by atoms with van der Waals surface area (Å²) < 4.78 is 0. The van der Waals surface area contributed by atoms with E-state index < -0.39 is 0 Å². The van der Waals surface area contributed by atoms with Crippen LogP contribution in [-0.2, 0) is 0 Å². The predicted molar refractivity (Wildman–Crippen MR) is 74.1 cm³/mol. The van der Waals surface area contributed by atoms with Crippen LogP contribution in [0.4, 0.5) is 0 Å². The van der Waals surface area contributed by atoms with Gasteiger partial charge in [0.25, 0.3) is 0 Å². The van der Waals surface area contributed by atoms with Crippen molar-refractivity contribution in [2.45, 2.75) is 65.8 Å². The van der Waals surface area contributed by atoms with Crippen LogP contribution in [0, 0.1) is 17.3 Å². The Kier molecular flexibility index (Phi) is 5.94. The van der Waals surface area contributed by atoms with Gasteiger partial charge in [-0.25, -0.2) is 0 Å². The van der Waals surface area contributed by atoms with Gasteiger partial charge in [0.05, 0.1) is 0 Å². The highest BCUT2D eigenvalue weighted by Gasteiger charge is 2.31. The lowest BCUT2D eigenvalue weighted by Gasteiger charge is -2.39. The lowest BCUT2D eigenvalue weighted by Crippen LogP contribution is -2.48. The molecule has 2 unspecified atom stereocenters. The van der Waals surface area contributed by atoms with Crippen molar-refractivity contribution in [1.82, 2.24) is 5.32 Å². The third-order valence-corrected chi connectivity index (χ3v) is 5.09. The van der Waals surface area contributed by atoms with Crippen molar-refractivity contribution in [3.8, 4) is 0 Å². The molecule has 1 aliphatic rings. The first-order chi connectivity index (χ1) is 8.08. The topological polar surface area (TPSA) is 32.3 Å². The molecule has 1 fully saturated rings. The number of hydrogen-bond acceptors (Lipinski definition) is 2. The van der Waals surface area contributed by atoms with Crippen molar-refractivity contribution in [3.63, 3.8) is 0 Å². The Morgan fingerprint density at radius 2 is 1.65 bits per heavy atom. The van der Waals surface area contributed by atoms with Gasteiger partial charge in [-0.1, -0.05) is 34.1 Å². The summed E-state index contributed by atoms with van der Waals surface area (Å²) in [6, 6.07) is 0.646. The Morgan fingerprint density at radius 3 is 2.06 bits per heavy atom. The fraction of sp³-hybridized carbons (Fsp3) is 1.00. The monoisotopic (exact) mass is 241 g/mol. The van der Waals surface area contributed by atoms with Gasteiger partial charge in [0.1, 0.15) is 0 Å². The normalized spacial score (nSPS) is 30.5. The number of aliphatic hydroxyl groups excluding tert-OH is 1. The molecule has 2 N–H and O–H groups in total. The van der Waals surface area contributed by atoms with Gasteiger partial charge in [-0.05, 0) is 37.5 Å². The SMILES string of the molecule is CCC(CC)(CO)CNC1C(C)CCCC1C. The first kappa shape index (κ1) is 15.0. The van der Waals surface area contributed by atoms with E-state index in [9.17, 15) is 5.11 Å². The van der Waals surface area contributed by atoms with Crippen molar-refractivity contribution >= 4 is 0 Å². The lowest BCUT2D eigenvalue weighted by molar-refractivity contribution is 0.0958. The molecule has 0 spiro atoms. The minimum absolute atomic E-state index is 0.0941. The number of nitrogens with one attached hydrogen (secondary N) is 1. The van der Waals surface area contributed by atoms with Crippen LogP contribution < -0.4 is 5.32 Å². The highest BCUT2D eigenvalue weighted by atomic mass is 16.3. The number of hydrogen-bond donors (Lipinski definition) is 2. The fourth-order valence-electron chi connectivity index (χ4n) is 3.20. The molecule has 0 aromatic rings. The summed E-state index contributed by atoms with van der Waals surface area (Å²) in [6.45, 7) is 10.4. The number of aliphatic hydroxyl groups is 1. The maximum atomic E-state index is 9.60. The second-order valence-electron chi connectivity index (χ2n) is 6.16. The Morgan fingerprint density at radius 1 is 1.12 bits per heavy atom. The third-order valence-electron chi connectivity index (χ3n) is 5.09. The molecule has 1 aliphatic carbocycles. The first-order valence-corrected chi connectivity index (χ1v) is 7.42. The summed E-state index contributed by atoms with van der Waals surface area (Å²) >= 11 is 0. The van der Waals surface area contributed by atoms with Gasteiger partial charge in [0, 0.05) is 24.6 Å². The molecule has 2 nitrogen and oxygen atoms in total. The molecule has 0 aromatic heterocycles. The summed E-state index contributed by atoms with van der Waals surface area (Å²) in [5.74, 6) is 1.56. The van der Waals surface area contributed by atoms with Crippen molar-refractivity contribution in [3.05, 3.63) is 0 Å². The molecule has 2 heteroatoms. The minimum atomic E-state index is 0.0941. The van der Waals surface area contributed by atoms with Crippen LogP contribution >= 0.6 is 0 Å². The Balaban J connectivity index is 2.52. The van der Waals surface area contributed by atoms with E-state index in [-0.39, 0.29) is 5.41 Å². The summed E-state index contributed by atoms with van der Waals surface area (Å²) in [5.41, 5.74) is 0.0941. The van der Waals surface area contributed by atoms with Crippen molar-refractivity contribution in [2.24, 2.45) is 17.3 Å². The van der Waals surface area contributed by atoms with Gasteiger partial charge in [-0.2, -0.15) is 0 Å². The average Bonchev–Trinajstić information content (AvgIpc) is 2.34. The van der Waals surface area contributed by atoms with Crippen LogP contribution in [0.15, 0.2) is 0 Å². The maximum Gasteiger partial charge on any atom is 0.0499 e. The molecule has 2 atom stereocenters.